The Morgan fingerprint density at radius 3 is 2.73 bits per heavy atom. The first-order chi connectivity index (χ1) is 10.6. The first-order valence-corrected chi connectivity index (χ1v) is 7.63. The first-order valence-electron chi connectivity index (χ1n) is 7.63. The third kappa shape index (κ3) is 3.36. The number of ether oxygens (including phenoxy) is 1. The van der Waals surface area contributed by atoms with Crippen LogP contribution in [0.1, 0.15) is 29.8 Å². The van der Waals surface area contributed by atoms with Crippen molar-refractivity contribution >= 4 is 5.91 Å². The lowest BCUT2D eigenvalue weighted by molar-refractivity contribution is -0.0586. The van der Waals surface area contributed by atoms with E-state index in [4.69, 9.17) is 4.74 Å². The number of carbonyl (C=O) groups excluding carboxylic acids is 1. The average molecular weight is 299 g/mol. The van der Waals surface area contributed by atoms with Crippen LogP contribution in [0, 0.1) is 0 Å². The molecule has 0 spiro atoms. The van der Waals surface area contributed by atoms with Gasteiger partial charge >= 0.3 is 0 Å². The van der Waals surface area contributed by atoms with Crippen LogP contribution in [0.5, 0.6) is 0 Å². The molecule has 1 aliphatic rings. The summed E-state index contributed by atoms with van der Waals surface area (Å²) in [5, 5.41) is 4.20. The predicted octanol–water partition coefficient (Wildman–Crippen LogP) is 2.18. The molecule has 5 heteroatoms. The van der Waals surface area contributed by atoms with Crippen molar-refractivity contribution in [2.45, 2.75) is 32.6 Å². The smallest absolute Gasteiger partial charge is 0.254 e. The Balaban J connectivity index is 1.75. The summed E-state index contributed by atoms with van der Waals surface area (Å²) < 4.78 is 7.54. The van der Waals surface area contributed by atoms with Gasteiger partial charge in [0.15, 0.2) is 0 Å². The first kappa shape index (κ1) is 14.8. The van der Waals surface area contributed by atoms with Crippen molar-refractivity contribution in [1.82, 2.24) is 14.7 Å². The van der Waals surface area contributed by atoms with Crippen molar-refractivity contribution < 1.29 is 9.53 Å². The molecule has 116 valence electrons. The lowest BCUT2D eigenvalue weighted by Gasteiger charge is -2.35. The summed E-state index contributed by atoms with van der Waals surface area (Å²) in [6.45, 7) is 5.97. The van der Waals surface area contributed by atoms with Crippen LogP contribution in [0.4, 0.5) is 0 Å². The molecule has 1 aromatic heterocycles. The summed E-state index contributed by atoms with van der Waals surface area (Å²) in [7, 11) is 0. The summed E-state index contributed by atoms with van der Waals surface area (Å²) in [4.78, 5) is 14.6. The van der Waals surface area contributed by atoms with Crippen LogP contribution in [0.15, 0.2) is 42.7 Å². The number of hydrogen-bond donors (Lipinski definition) is 0. The molecule has 22 heavy (non-hydrogen) atoms. The summed E-state index contributed by atoms with van der Waals surface area (Å²) in [5.74, 6) is 0.0734. The molecule has 0 bridgehead atoms. The Morgan fingerprint density at radius 1 is 1.27 bits per heavy atom. The highest BCUT2D eigenvalue weighted by Crippen LogP contribution is 2.15. The Bertz CT molecular complexity index is 629. The Hall–Kier alpha value is -2.14. The van der Waals surface area contributed by atoms with Gasteiger partial charge in [-0.2, -0.15) is 5.10 Å². The molecule has 1 aromatic carbocycles. The van der Waals surface area contributed by atoms with E-state index in [1.54, 1.807) is 6.20 Å². The number of morpholine rings is 1. The van der Waals surface area contributed by atoms with E-state index < -0.39 is 0 Å². The lowest BCUT2D eigenvalue weighted by atomic mass is 10.1. The maximum atomic E-state index is 12.7. The number of hydrogen-bond acceptors (Lipinski definition) is 3. The summed E-state index contributed by atoms with van der Waals surface area (Å²) in [6, 6.07) is 9.67. The van der Waals surface area contributed by atoms with E-state index in [1.165, 1.54) is 0 Å². The van der Waals surface area contributed by atoms with Crippen LogP contribution in [-0.4, -0.2) is 45.9 Å². The second kappa shape index (κ2) is 6.32. The fourth-order valence-electron chi connectivity index (χ4n) is 2.91. The van der Waals surface area contributed by atoms with E-state index in [0.29, 0.717) is 19.6 Å². The second-order valence-electron chi connectivity index (χ2n) is 5.87. The van der Waals surface area contributed by atoms with E-state index in [9.17, 15) is 4.79 Å². The molecular weight excluding hydrogens is 278 g/mol. The van der Waals surface area contributed by atoms with Gasteiger partial charge in [-0.3, -0.25) is 9.48 Å². The van der Waals surface area contributed by atoms with Crippen molar-refractivity contribution in [1.29, 1.82) is 0 Å². The van der Waals surface area contributed by atoms with Crippen LogP contribution in [0.25, 0.3) is 0 Å². The quantitative estimate of drug-likeness (QED) is 0.873. The van der Waals surface area contributed by atoms with Crippen molar-refractivity contribution in [2.24, 2.45) is 0 Å². The van der Waals surface area contributed by atoms with Crippen molar-refractivity contribution in [3.05, 3.63) is 53.9 Å². The fraction of sp³-hybridized carbons (Fsp3) is 0.412. The molecule has 0 N–H and O–H groups in total. The molecule has 0 saturated carbocycles. The zero-order valence-corrected chi connectivity index (χ0v) is 13.0. The Kier molecular flexibility index (Phi) is 4.24. The summed E-state index contributed by atoms with van der Waals surface area (Å²) >= 11 is 0. The molecule has 2 aromatic rings. The molecule has 1 aliphatic heterocycles. The lowest BCUT2D eigenvalue weighted by Crippen LogP contribution is -2.48. The maximum absolute atomic E-state index is 12.7. The van der Waals surface area contributed by atoms with Crippen LogP contribution >= 0.6 is 0 Å². The normalized spacial score (nSPS) is 21.8. The topological polar surface area (TPSA) is 47.4 Å². The minimum Gasteiger partial charge on any atom is -0.372 e. The van der Waals surface area contributed by atoms with E-state index in [0.717, 1.165) is 11.1 Å². The van der Waals surface area contributed by atoms with Crippen molar-refractivity contribution in [3.63, 3.8) is 0 Å². The second-order valence-corrected chi connectivity index (χ2v) is 5.87. The van der Waals surface area contributed by atoms with Gasteiger partial charge in [0.2, 0.25) is 0 Å². The van der Waals surface area contributed by atoms with Gasteiger partial charge in [-0.1, -0.05) is 12.1 Å². The highest BCUT2D eigenvalue weighted by atomic mass is 16.5. The van der Waals surface area contributed by atoms with Gasteiger partial charge in [0.25, 0.3) is 5.91 Å². The largest absolute Gasteiger partial charge is 0.372 e. The monoisotopic (exact) mass is 299 g/mol. The highest BCUT2D eigenvalue weighted by molar-refractivity contribution is 5.94. The van der Waals surface area contributed by atoms with E-state index in [2.05, 4.69) is 5.10 Å². The molecule has 2 heterocycles. The minimum atomic E-state index is 0.0734. The van der Waals surface area contributed by atoms with Gasteiger partial charge in [0.1, 0.15) is 0 Å². The van der Waals surface area contributed by atoms with Crippen LogP contribution in [0.2, 0.25) is 0 Å². The van der Waals surface area contributed by atoms with Gasteiger partial charge in [-0.15, -0.1) is 0 Å². The Morgan fingerprint density at radius 2 is 2.05 bits per heavy atom. The number of benzene rings is 1. The molecule has 1 fully saturated rings. The van der Waals surface area contributed by atoms with E-state index in [-0.39, 0.29) is 18.1 Å². The van der Waals surface area contributed by atoms with E-state index in [1.807, 2.05) is 60.0 Å². The standard InChI is InChI=1S/C17H21N3O2/c1-13-10-19(11-14(2)22-13)17(21)16-6-3-5-15(9-16)12-20-8-4-7-18-20/h3-9,13-14H,10-12H2,1-2H3/t13-,14-/m0/s1. The van der Waals surface area contributed by atoms with Crippen LogP contribution < -0.4 is 0 Å². The third-order valence-corrected chi connectivity index (χ3v) is 3.78. The molecule has 1 amide bonds. The van der Waals surface area contributed by atoms with Crippen LogP contribution in [-0.2, 0) is 11.3 Å². The molecule has 1 saturated heterocycles. The molecule has 3 rings (SSSR count). The van der Waals surface area contributed by atoms with Gasteiger partial charge < -0.3 is 9.64 Å². The average Bonchev–Trinajstić information content (AvgIpc) is 2.98. The molecule has 0 radical (unpaired) electrons. The maximum Gasteiger partial charge on any atom is 0.254 e. The van der Waals surface area contributed by atoms with Gasteiger partial charge in [-0.05, 0) is 37.6 Å². The predicted molar refractivity (Wildman–Crippen MR) is 83.7 cm³/mol. The number of aromatic nitrogens is 2. The zero-order chi connectivity index (χ0) is 15.5. The SMILES string of the molecule is C[C@H]1CN(C(=O)c2cccc(Cn3cccn3)c2)C[C@H](C)O1. The molecule has 2 atom stereocenters. The number of carbonyl (C=O) groups is 1. The molecule has 5 nitrogen and oxygen atoms in total. The Labute approximate surface area is 130 Å². The molecular formula is C17H21N3O2. The summed E-state index contributed by atoms with van der Waals surface area (Å²) in [5.41, 5.74) is 1.80. The summed E-state index contributed by atoms with van der Waals surface area (Å²) in [6.07, 6.45) is 3.84. The third-order valence-electron chi connectivity index (χ3n) is 3.78. The van der Waals surface area contributed by atoms with Crippen molar-refractivity contribution in [2.75, 3.05) is 13.1 Å². The minimum absolute atomic E-state index is 0.0734. The fourth-order valence-corrected chi connectivity index (χ4v) is 2.91. The van der Waals surface area contributed by atoms with Crippen LogP contribution in [0.3, 0.4) is 0 Å². The van der Waals surface area contributed by atoms with Crippen molar-refractivity contribution in [3.8, 4) is 0 Å². The number of rotatable bonds is 3. The van der Waals surface area contributed by atoms with Gasteiger partial charge in [0, 0.05) is 31.0 Å². The zero-order valence-electron chi connectivity index (χ0n) is 13.0. The molecule has 0 unspecified atom stereocenters. The van der Waals surface area contributed by atoms with Gasteiger partial charge in [0.05, 0.1) is 18.8 Å². The number of nitrogens with zero attached hydrogens (tertiary/aromatic N) is 3. The van der Waals surface area contributed by atoms with Gasteiger partial charge in [-0.25, -0.2) is 0 Å². The van der Waals surface area contributed by atoms with E-state index >= 15 is 0 Å². The number of amides is 1. The highest BCUT2D eigenvalue weighted by Gasteiger charge is 2.26. The molecule has 0 aliphatic carbocycles.